The predicted molar refractivity (Wildman–Crippen MR) is 110 cm³/mol. The van der Waals surface area contributed by atoms with E-state index in [4.69, 9.17) is 0 Å². The number of thioether (sulfide) groups is 1. The number of amides is 1. The molecular weight excluding hydrogens is 356 g/mol. The zero-order valence-electron chi connectivity index (χ0n) is 15.8. The van der Waals surface area contributed by atoms with Crippen molar-refractivity contribution in [1.29, 1.82) is 0 Å². The number of carbonyl (C=O) groups is 1. The first-order chi connectivity index (χ1) is 13.0. The van der Waals surface area contributed by atoms with Crippen LogP contribution in [0.3, 0.4) is 0 Å². The van der Waals surface area contributed by atoms with Gasteiger partial charge >= 0.3 is 0 Å². The number of nitrogens with zero attached hydrogens (tertiary/aromatic N) is 3. The molecule has 0 spiro atoms. The molecular formula is C21H24N4OS. The van der Waals surface area contributed by atoms with E-state index in [-0.39, 0.29) is 5.91 Å². The first-order valence-corrected chi connectivity index (χ1v) is 9.96. The van der Waals surface area contributed by atoms with Gasteiger partial charge < -0.3 is 9.88 Å². The van der Waals surface area contributed by atoms with E-state index in [1.165, 1.54) is 22.9 Å². The van der Waals surface area contributed by atoms with Crippen LogP contribution in [0, 0.1) is 0 Å². The van der Waals surface area contributed by atoms with Crippen molar-refractivity contribution in [2.75, 3.05) is 11.1 Å². The highest BCUT2D eigenvalue weighted by atomic mass is 32.2. The molecule has 0 aliphatic carbocycles. The molecule has 0 bridgehead atoms. The highest BCUT2D eigenvalue weighted by Crippen LogP contribution is 2.19. The Hall–Kier alpha value is -2.60. The highest BCUT2D eigenvalue weighted by Gasteiger charge is 2.12. The molecule has 0 atom stereocenters. The van der Waals surface area contributed by atoms with Gasteiger partial charge in [0.05, 0.1) is 5.75 Å². The largest absolute Gasteiger partial charge is 0.325 e. The summed E-state index contributed by atoms with van der Waals surface area (Å²) in [4.78, 5) is 12.2. The first-order valence-electron chi connectivity index (χ1n) is 8.97. The molecule has 3 aromatic rings. The van der Waals surface area contributed by atoms with Crippen molar-refractivity contribution < 1.29 is 4.79 Å². The van der Waals surface area contributed by atoms with Gasteiger partial charge in [-0.15, -0.1) is 10.2 Å². The maximum atomic E-state index is 12.2. The summed E-state index contributed by atoms with van der Waals surface area (Å²) in [6, 6.07) is 18.1. The van der Waals surface area contributed by atoms with E-state index in [1.54, 1.807) is 0 Å². The first kappa shape index (κ1) is 19.2. The Morgan fingerprint density at radius 3 is 2.44 bits per heavy atom. The van der Waals surface area contributed by atoms with Crippen molar-refractivity contribution in [3.8, 4) is 0 Å². The van der Waals surface area contributed by atoms with E-state index in [2.05, 4.69) is 41.5 Å². The van der Waals surface area contributed by atoms with Crippen LogP contribution in [0.2, 0.25) is 0 Å². The SMILES string of the molecule is CC(C)c1ccc(NC(=O)CSc2nnc(Cc3ccccc3)n2C)cc1. The number of aromatic nitrogens is 3. The van der Waals surface area contributed by atoms with Gasteiger partial charge in [0.2, 0.25) is 5.91 Å². The van der Waals surface area contributed by atoms with Crippen LogP contribution in [0.1, 0.15) is 36.7 Å². The Labute approximate surface area is 164 Å². The van der Waals surface area contributed by atoms with Gasteiger partial charge in [0.15, 0.2) is 5.16 Å². The summed E-state index contributed by atoms with van der Waals surface area (Å²) in [5, 5.41) is 12.1. The molecule has 0 saturated carbocycles. The molecule has 2 aromatic carbocycles. The fourth-order valence-corrected chi connectivity index (χ4v) is 3.41. The zero-order chi connectivity index (χ0) is 19.2. The number of rotatable bonds is 7. The van der Waals surface area contributed by atoms with Crippen LogP contribution >= 0.6 is 11.8 Å². The van der Waals surface area contributed by atoms with E-state index in [1.807, 2.05) is 54.1 Å². The summed E-state index contributed by atoms with van der Waals surface area (Å²) >= 11 is 1.39. The quantitative estimate of drug-likeness (QED) is 0.622. The molecule has 0 unspecified atom stereocenters. The summed E-state index contributed by atoms with van der Waals surface area (Å²) < 4.78 is 1.95. The van der Waals surface area contributed by atoms with Crippen LogP contribution in [0.15, 0.2) is 59.8 Å². The predicted octanol–water partition coefficient (Wildman–Crippen LogP) is 4.26. The second-order valence-electron chi connectivity index (χ2n) is 6.73. The molecule has 27 heavy (non-hydrogen) atoms. The minimum Gasteiger partial charge on any atom is -0.325 e. The number of benzene rings is 2. The molecule has 6 heteroatoms. The van der Waals surface area contributed by atoms with E-state index in [0.29, 0.717) is 11.7 Å². The molecule has 1 heterocycles. The molecule has 0 radical (unpaired) electrons. The van der Waals surface area contributed by atoms with E-state index in [0.717, 1.165) is 23.1 Å². The lowest BCUT2D eigenvalue weighted by molar-refractivity contribution is -0.113. The minimum atomic E-state index is -0.0510. The molecule has 0 saturated heterocycles. The number of nitrogens with one attached hydrogen (secondary N) is 1. The van der Waals surface area contributed by atoms with Crippen molar-refractivity contribution in [2.45, 2.75) is 31.3 Å². The van der Waals surface area contributed by atoms with Crippen molar-refractivity contribution in [3.05, 3.63) is 71.5 Å². The molecule has 1 amide bonds. The van der Waals surface area contributed by atoms with Gasteiger partial charge in [-0.05, 0) is 29.2 Å². The molecule has 0 aliphatic heterocycles. The van der Waals surface area contributed by atoms with Gasteiger partial charge in [0.25, 0.3) is 0 Å². The number of hydrogen-bond donors (Lipinski definition) is 1. The molecule has 3 rings (SSSR count). The normalized spacial score (nSPS) is 11.0. The van der Waals surface area contributed by atoms with Crippen molar-refractivity contribution in [3.63, 3.8) is 0 Å². The molecule has 5 nitrogen and oxygen atoms in total. The Balaban J connectivity index is 1.54. The van der Waals surface area contributed by atoms with Gasteiger partial charge in [-0.25, -0.2) is 0 Å². The third kappa shape index (κ3) is 5.20. The Morgan fingerprint density at radius 1 is 1.07 bits per heavy atom. The monoisotopic (exact) mass is 380 g/mol. The average Bonchev–Trinajstić information content (AvgIpc) is 3.01. The lowest BCUT2D eigenvalue weighted by atomic mass is 10.0. The number of hydrogen-bond acceptors (Lipinski definition) is 4. The third-order valence-electron chi connectivity index (χ3n) is 4.32. The van der Waals surface area contributed by atoms with Gasteiger partial charge in [-0.3, -0.25) is 4.79 Å². The van der Waals surface area contributed by atoms with E-state index < -0.39 is 0 Å². The second-order valence-corrected chi connectivity index (χ2v) is 7.68. The maximum absolute atomic E-state index is 12.2. The van der Waals surface area contributed by atoms with E-state index in [9.17, 15) is 4.79 Å². The highest BCUT2D eigenvalue weighted by molar-refractivity contribution is 7.99. The Kier molecular flexibility index (Phi) is 6.29. The lowest BCUT2D eigenvalue weighted by Crippen LogP contribution is -2.14. The Morgan fingerprint density at radius 2 is 1.78 bits per heavy atom. The number of anilines is 1. The average molecular weight is 381 g/mol. The van der Waals surface area contributed by atoms with Crippen LogP contribution < -0.4 is 5.32 Å². The molecule has 1 N–H and O–H groups in total. The van der Waals surface area contributed by atoms with Crippen LogP contribution in [0.25, 0.3) is 0 Å². The van der Waals surface area contributed by atoms with Crippen LogP contribution in [-0.4, -0.2) is 26.4 Å². The summed E-state index contributed by atoms with van der Waals surface area (Å²) in [5.41, 5.74) is 3.26. The molecule has 140 valence electrons. The summed E-state index contributed by atoms with van der Waals surface area (Å²) in [5.74, 6) is 1.60. The maximum Gasteiger partial charge on any atom is 0.234 e. The van der Waals surface area contributed by atoms with Crippen LogP contribution in [0.4, 0.5) is 5.69 Å². The second kappa shape index (κ2) is 8.86. The van der Waals surface area contributed by atoms with Gasteiger partial charge in [0.1, 0.15) is 5.82 Å². The molecule has 0 aliphatic rings. The smallest absolute Gasteiger partial charge is 0.234 e. The van der Waals surface area contributed by atoms with E-state index >= 15 is 0 Å². The fourth-order valence-electron chi connectivity index (χ4n) is 2.68. The van der Waals surface area contributed by atoms with Crippen molar-refractivity contribution >= 4 is 23.4 Å². The summed E-state index contributed by atoms with van der Waals surface area (Å²) in [6.07, 6.45) is 0.722. The standard InChI is InChI=1S/C21H24N4OS/c1-15(2)17-9-11-18(12-10-17)22-20(26)14-27-21-24-23-19(25(21)3)13-16-7-5-4-6-8-16/h4-12,15H,13-14H2,1-3H3,(H,22,26). The minimum absolute atomic E-state index is 0.0510. The van der Waals surface area contributed by atoms with Crippen molar-refractivity contribution in [2.24, 2.45) is 7.05 Å². The van der Waals surface area contributed by atoms with Crippen LogP contribution in [-0.2, 0) is 18.3 Å². The zero-order valence-corrected chi connectivity index (χ0v) is 16.7. The van der Waals surface area contributed by atoms with Crippen LogP contribution in [0.5, 0.6) is 0 Å². The molecule has 1 aromatic heterocycles. The summed E-state index contributed by atoms with van der Waals surface area (Å²) in [6.45, 7) is 4.30. The van der Waals surface area contributed by atoms with Gasteiger partial charge in [-0.1, -0.05) is 68.1 Å². The summed E-state index contributed by atoms with van der Waals surface area (Å²) in [7, 11) is 1.93. The lowest BCUT2D eigenvalue weighted by Gasteiger charge is -2.08. The van der Waals surface area contributed by atoms with Crippen molar-refractivity contribution in [1.82, 2.24) is 14.8 Å². The fraction of sp³-hybridized carbons (Fsp3) is 0.286. The van der Waals surface area contributed by atoms with Gasteiger partial charge in [0, 0.05) is 19.2 Å². The third-order valence-corrected chi connectivity index (χ3v) is 5.34. The number of carbonyl (C=O) groups excluding carboxylic acids is 1. The topological polar surface area (TPSA) is 59.8 Å². The van der Waals surface area contributed by atoms with Gasteiger partial charge in [-0.2, -0.15) is 0 Å². The Bertz CT molecular complexity index is 888. The molecule has 0 fully saturated rings.